The maximum Gasteiger partial charge on any atom is 0.123 e. The van der Waals surface area contributed by atoms with Gasteiger partial charge in [-0.3, -0.25) is 4.99 Å². The molecule has 3 heteroatoms. The fourth-order valence-corrected chi connectivity index (χ4v) is 4.81. The minimum atomic E-state index is 0.959. The van der Waals surface area contributed by atoms with Gasteiger partial charge in [-0.15, -0.1) is 11.3 Å². The number of para-hydroxylation sites is 1. The van der Waals surface area contributed by atoms with Crippen LogP contribution in [0.4, 0.5) is 5.00 Å². The van der Waals surface area contributed by atoms with Crippen LogP contribution in [0.5, 0.6) is 0 Å². The topological polar surface area (TPSA) is 17.3 Å². The van der Waals surface area contributed by atoms with Gasteiger partial charge in [0.25, 0.3) is 0 Å². The molecular weight excluding hydrogens is 360 g/mol. The molecule has 0 radical (unpaired) electrons. The van der Waals surface area contributed by atoms with Crippen molar-refractivity contribution in [1.29, 1.82) is 0 Å². The number of aromatic nitrogens is 1. The lowest BCUT2D eigenvalue weighted by molar-refractivity contribution is 1.11. The van der Waals surface area contributed by atoms with Gasteiger partial charge in [0.15, 0.2) is 0 Å². The number of fused-ring (bicyclic) bond motifs is 2. The van der Waals surface area contributed by atoms with Crippen molar-refractivity contribution in [3.05, 3.63) is 78.0 Å². The third-order valence-electron chi connectivity index (χ3n) is 4.91. The van der Waals surface area contributed by atoms with E-state index in [-0.39, 0.29) is 0 Å². The van der Waals surface area contributed by atoms with Gasteiger partial charge in [-0.2, -0.15) is 0 Å². The summed E-state index contributed by atoms with van der Waals surface area (Å²) >= 11 is 1.68. The Kier molecular flexibility index (Phi) is 4.84. The minimum absolute atomic E-state index is 0.959. The molecule has 0 fully saturated rings. The number of nitrogens with zero attached hydrogens (tertiary/aromatic N) is 2. The number of thiophene rings is 1. The zero-order chi connectivity index (χ0) is 19.7. The molecule has 0 saturated carbocycles. The predicted molar refractivity (Wildman–Crippen MR) is 127 cm³/mol. The fraction of sp³-hybridized carbons (Fsp3) is 0.0800. The lowest BCUT2D eigenvalue weighted by atomic mass is 10.1. The summed E-state index contributed by atoms with van der Waals surface area (Å²) in [5.41, 5.74) is 5.74. The average Bonchev–Trinajstić information content (AvgIpc) is 3.23. The van der Waals surface area contributed by atoms with Crippen molar-refractivity contribution in [2.45, 2.75) is 13.8 Å². The normalized spacial score (nSPS) is 11.9. The smallest absolute Gasteiger partial charge is 0.123 e. The van der Waals surface area contributed by atoms with Gasteiger partial charge in [-0.05, 0) is 44.8 Å². The monoisotopic (exact) mass is 382 g/mol. The molecule has 0 aliphatic heterocycles. The van der Waals surface area contributed by atoms with E-state index in [1.54, 1.807) is 11.3 Å². The molecule has 0 spiro atoms. The van der Waals surface area contributed by atoms with E-state index in [2.05, 4.69) is 83.5 Å². The van der Waals surface area contributed by atoms with Crippen molar-refractivity contribution in [3.8, 4) is 5.69 Å². The highest BCUT2D eigenvalue weighted by atomic mass is 32.1. The molecule has 138 valence electrons. The number of allylic oxidation sites excluding steroid dienone is 2. The Hall–Kier alpha value is -3.17. The highest BCUT2D eigenvalue weighted by molar-refractivity contribution is 7.23. The largest absolute Gasteiger partial charge is 0.309 e. The van der Waals surface area contributed by atoms with E-state index in [4.69, 9.17) is 0 Å². The van der Waals surface area contributed by atoms with Gasteiger partial charge in [0, 0.05) is 32.3 Å². The quantitative estimate of drug-likeness (QED) is 0.312. The molecule has 2 aromatic heterocycles. The first-order chi connectivity index (χ1) is 13.7. The van der Waals surface area contributed by atoms with Gasteiger partial charge in [0.2, 0.25) is 0 Å². The molecule has 4 aromatic rings. The second-order valence-electron chi connectivity index (χ2n) is 6.52. The summed E-state index contributed by atoms with van der Waals surface area (Å²) in [6.07, 6.45) is 10.3. The van der Waals surface area contributed by atoms with E-state index in [0.717, 1.165) is 21.9 Å². The highest BCUT2D eigenvalue weighted by Gasteiger charge is 2.16. The van der Waals surface area contributed by atoms with Crippen molar-refractivity contribution in [2.75, 3.05) is 0 Å². The number of hydrogen-bond donors (Lipinski definition) is 0. The summed E-state index contributed by atoms with van der Waals surface area (Å²) < 4.78 is 3.49. The first-order valence-electron chi connectivity index (χ1n) is 9.28. The molecule has 0 unspecified atom stereocenters. The Balaban J connectivity index is 2.04. The molecule has 0 saturated heterocycles. The second kappa shape index (κ2) is 7.45. The Morgan fingerprint density at radius 1 is 0.964 bits per heavy atom. The van der Waals surface area contributed by atoms with E-state index >= 15 is 0 Å². The minimum Gasteiger partial charge on any atom is -0.309 e. The number of hydrogen-bond acceptors (Lipinski definition) is 2. The van der Waals surface area contributed by atoms with Crippen molar-refractivity contribution < 1.29 is 0 Å². The first-order valence-corrected chi connectivity index (χ1v) is 10.1. The SMILES string of the molecule is C=Cc1c(/C=C\C)c2ccccc2n1-c1ccc2c(/C=C\C)c(N=C)sc2c1. The van der Waals surface area contributed by atoms with Crippen molar-refractivity contribution >= 4 is 62.3 Å². The Morgan fingerprint density at radius 3 is 2.43 bits per heavy atom. The van der Waals surface area contributed by atoms with E-state index in [1.807, 2.05) is 26.0 Å². The zero-order valence-corrected chi connectivity index (χ0v) is 17.0. The van der Waals surface area contributed by atoms with E-state index in [9.17, 15) is 0 Å². The maximum absolute atomic E-state index is 4.23. The molecule has 2 nitrogen and oxygen atoms in total. The van der Waals surface area contributed by atoms with Crippen LogP contribution >= 0.6 is 11.3 Å². The molecule has 0 aliphatic rings. The van der Waals surface area contributed by atoms with E-state index in [1.165, 1.54) is 26.6 Å². The number of aliphatic imine (C=N–C) groups is 1. The van der Waals surface area contributed by atoms with E-state index < -0.39 is 0 Å². The zero-order valence-electron chi connectivity index (χ0n) is 16.1. The molecule has 4 rings (SSSR count). The van der Waals surface area contributed by atoms with Gasteiger partial charge < -0.3 is 4.57 Å². The summed E-state index contributed by atoms with van der Waals surface area (Å²) in [5.74, 6) is 0. The van der Waals surface area contributed by atoms with Crippen LogP contribution in [0.2, 0.25) is 0 Å². The Morgan fingerprint density at radius 2 is 1.71 bits per heavy atom. The molecule has 2 aromatic carbocycles. The molecule has 2 heterocycles. The van der Waals surface area contributed by atoms with E-state index in [0.29, 0.717) is 0 Å². The van der Waals surface area contributed by atoms with Crippen molar-refractivity contribution in [3.63, 3.8) is 0 Å². The van der Waals surface area contributed by atoms with Gasteiger partial charge in [0.1, 0.15) is 5.00 Å². The molecule has 0 amide bonds. The molecule has 0 bridgehead atoms. The van der Waals surface area contributed by atoms with Crippen LogP contribution in [0.3, 0.4) is 0 Å². The van der Waals surface area contributed by atoms with Gasteiger partial charge in [0.05, 0.1) is 11.2 Å². The number of rotatable bonds is 5. The summed E-state index contributed by atoms with van der Waals surface area (Å²) in [6.45, 7) is 11.9. The van der Waals surface area contributed by atoms with Crippen LogP contribution in [0.15, 0.2) is 66.2 Å². The summed E-state index contributed by atoms with van der Waals surface area (Å²) in [5, 5.41) is 3.39. The van der Waals surface area contributed by atoms with Crippen molar-refractivity contribution in [2.24, 2.45) is 4.99 Å². The lowest BCUT2D eigenvalue weighted by Gasteiger charge is -2.09. The average molecular weight is 383 g/mol. The molecule has 0 N–H and O–H groups in total. The first kappa shape index (κ1) is 18.2. The third kappa shape index (κ3) is 2.76. The van der Waals surface area contributed by atoms with Crippen LogP contribution in [-0.4, -0.2) is 11.3 Å². The standard InChI is InChI=1S/C25H22N2S/c1-5-10-18-19-12-8-9-13-23(19)27(22(18)7-3)17-14-15-20-21(11-6-2)25(26-4)28-24(20)16-17/h5-16H,3-4H2,1-2H3/b10-5-,11-6-. The predicted octanol–water partition coefficient (Wildman–Crippen LogP) is 7.89. The van der Waals surface area contributed by atoms with Gasteiger partial charge >= 0.3 is 0 Å². The van der Waals surface area contributed by atoms with Crippen LogP contribution in [-0.2, 0) is 0 Å². The maximum atomic E-state index is 4.23. The third-order valence-corrected chi connectivity index (χ3v) is 6.01. The summed E-state index contributed by atoms with van der Waals surface area (Å²) in [4.78, 5) is 4.23. The lowest BCUT2D eigenvalue weighted by Crippen LogP contribution is -1.96. The fourth-order valence-electron chi connectivity index (χ4n) is 3.78. The van der Waals surface area contributed by atoms with Crippen LogP contribution in [0, 0.1) is 0 Å². The second-order valence-corrected chi connectivity index (χ2v) is 7.55. The molecule has 28 heavy (non-hydrogen) atoms. The van der Waals surface area contributed by atoms with Gasteiger partial charge in [-0.25, -0.2) is 0 Å². The van der Waals surface area contributed by atoms with Crippen LogP contribution in [0.1, 0.15) is 30.7 Å². The summed E-state index contributed by atoms with van der Waals surface area (Å²) in [7, 11) is 0. The van der Waals surface area contributed by atoms with Gasteiger partial charge in [-0.1, -0.05) is 55.1 Å². The van der Waals surface area contributed by atoms with Crippen LogP contribution in [0.25, 0.3) is 44.9 Å². The number of benzene rings is 2. The Bertz CT molecular complexity index is 1260. The molecule has 0 atom stereocenters. The molecular formula is C25H22N2S. The van der Waals surface area contributed by atoms with Crippen molar-refractivity contribution in [1.82, 2.24) is 4.57 Å². The molecule has 0 aliphatic carbocycles. The van der Waals surface area contributed by atoms with Crippen LogP contribution < -0.4 is 0 Å². The Labute approximate surface area is 169 Å². The highest BCUT2D eigenvalue weighted by Crippen LogP contribution is 2.40. The summed E-state index contributed by atoms with van der Waals surface area (Å²) in [6, 6.07) is 15.1.